The second-order valence-electron chi connectivity index (χ2n) is 6.02. The van der Waals surface area contributed by atoms with E-state index in [1.807, 2.05) is 4.90 Å². The first-order chi connectivity index (χ1) is 9.59. The number of piperidine rings is 1. The van der Waals surface area contributed by atoms with Crippen LogP contribution in [0.2, 0.25) is 0 Å². The van der Waals surface area contributed by atoms with Gasteiger partial charge in [0.25, 0.3) is 0 Å². The molecule has 2 aliphatic rings. The van der Waals surface area contributed by atoms with Crippen molar-refractivity contribution in [2.75, 3.05) is 47.0 Å². The van der Waals surface area contributed by atoms with Crippen LogP contribution in [0.25, 0.3) is 0 Å². The van der Waals surface area contributed by atoms with Gasteiger partial charge >= 0.3 is 6.03 Å². The molecule has 2 aliphatic heterocycles. The molecule has 2 fully saturated rings. The van der Waals surface area contributed by atoms with Crippen LogP contribution in [0, 0.1) is 5.41 Å². The van der Waals surface area contributed by atoms with Crippen LogP contribution in [0.15, 0.2) is 12.7 Å². The van der Waals surface area contributed by atoms with Gasteiger partial charge in [0, 0.05) is 39.2 Å². The first-order valence-electron chi connectivity index (χ1n) is 7.35. The number of nitrogens with zero attached hydrogens (tertiary/aromatic N) is 2. The van der Waals surface area contributed by atoms with Crippen molar-refractivity contribution < 1.29 is 14.3 Å². The zero-order valence-electron chi connectivity index (χ0n) is 12.6. The van der Waals surface area contributed by atoms with Crippen LogP contribution in [0.5, 0.6) is 0 Å². The van der Waals surface area contributed by atoms with Gasteiger partial charge in [0.2, 0.25) is 0 Å². The Kier molecular flexibility index (Phi) is 5.05. The highest BCUT2D eigenvalue weighted by molar-refractivity contribution is 5.74. The van der Waals surface area contributed by atoms with Crippen LogP contribution in [0.4, 0.5) is 4.79 Å². The van der Waals surface area contributed by atoms with Crippen LogP contribution in [0.1, 0.15) is 19.3 Å². The van der Waals surface area contributed by atoms with Gasteiger partial charge < -0.3 is 19.3 Å². The van der Waals surface area contributed by atoms with Crippen molar-refractivity contribution in [2.45, 2.75) is 25.4 Å². The van der Waals surface area contributed by atoms with Crippen LogP contribution < -0.4 is 0 Å². The number of urea groups is 1. The van der Waals surface area contributed by atoms with E-state index in [9.17, 15) is 4.79 Å². The minimum Gasteiger partial charge on any atom is -0.377 e. The molecular formula is C15H26N2O3. The molecule has 5 nitrogen and oxygen atoms in total. The lowest BCUT2D eigenvalue weighted by atomic mass is 9.73. The summed E-state index contributed by atoms with van der Waals surface area (Å²) in [4.78, 5) is 15.8. The number of likely N-dealkylation sites (tertiary alicyclic amines) is 1. The van der Waals surface area contributed by atoms with Gasteiger partial charge in [0.15, 0.2) is 0 Å². The highest BCUT2D eigenvalue weighted by atomic mass is 16.5. The maximum absolute atomic E-state index is 12.2. The molecule has 2 atom stereocenters. The maximum atomic E-state index is 12.2. The van der Waals surface area contributed by atoms with Gasteiger partial charge in [-0.05, 0) is 19.3 Å². The smallest absolute Gasteiger partial charge is 0.319 e. The molecule has 2 heterocycles. The Morgan fingerprint density at radius 1 is 1.60 bits per heavy atom. The maximum Gasteiger partial charge on any atom is 0.319 e. The summed E-state index contributed by atoms with van der Waals surface area (Å²) in [5, 5.41) is 0. The van der Waals surface area contributed by atoms with Crippen molar-refractivity contribution >= 4 is 6.03 Å². The number of hydrogen-bond acceptors (Lipinski definition) is 3. The van der Waals surface area contributed by atoms with E-state index in [0.29, 0.717) is 13.2 Å². The van der Waals surface area contributed by atoms with Crippen molar-refractivity contribution in [1.82, 2.24) is 9.80 Å². The molecule has 0 saturated carbocycles. The van der Waals surface area contributed by atoms with E-state index in [2.05, 4.69) is 6.58 Å². The largest absolute Gasteiger partial charge is 0.377 e. The first kappa shape index (κ1) is 15.3. The summed E-state index contributed by atoms with van der Waals surface area (Å²) in [6.45, 7) is 7.20. The summed E-state index contributed by atoms with van der Waals surface area (Å²) < 4.78 is 11.7. The van der Waals surface area contributed by atoms with E-state index in [4.69, 9.17) is 9.47 Å². The molecule has 0 aromatic rings. The molecule has 114 valence electrons. The highest BCUT2D eigenvalue weighted by Gasteiger charge is 2.47. The Bertz CT molecular complexity index is 359. The standard InChI is InChI=1S/C15H26N2O3/c1-4-9-19-12-15-7-5-10-20-13(15)6-8-17(11-15)14(18)16(2)3/h4,13H,1,5-12H2,2-3H3. The lowest BCUT2D eigenvalue weighted by Crippen LogP contribution is -2.59. The molecule has 0 aliphatic carbocycles. The molecule has 0 spiro atoms. The third kappa shape index (κ3) is 3.15. The fourth-order valence-corrected chi connectivity index (χ4v) is 3.29. The van der Waals surface area contributed by atoms with Crippen LogP contribution in [-0.4, -0.2) is 68.9 Å². The number of amides is 2. The van der Waals surface area contributed by atoms with Crippen molar-refractivity contribution in [1.29, 1.82) is 0 Å². The summed E-state index contributed by atoms with van der Waals surface area (Å²) in [6.07, 6.45) is 4.98. The first-order valence-corrected chi connectivity index (χ1v) is 7.35. The molecule has 0 N–H and O–H groups in total. The Hall–Kier alpha value is -1.07. The number of carbonyl (C=O) groups is 1. The number of fused-ring (bicyclic) bond motifs is 1. The lowest BCUT2D eigenvalue weighted by Gasteiger charge is -2.50. The van der Waals surface area contributed by atoms with Crippen LogP contribution >= 0.6 is 0 Å². The number of rotatable bonds is 4. The Morgan fingerprint density at radius 2 is 2.40 bits per heavy atom. The van der Waals surface area contributed by atoms with E-state index in [0.717, 1.165) is 39.0 Å². The second-order valence-corrected chi connectivity index (χ2v) is 6.02. The Labute approximate surface area is 121 Å². The Balaban J connectivity index is 2.07. The minimum atomic E-state index is -0.0504. The Morgan fingerprint density at radius 3 is 3.10 bits per heavy atom. The monoisotopic (exact) mass is 282 g/mol. The molecule has 2 rings (SSSR count). The van der Waals surface area contributed by atoms with Gasteiger partial charge in [0.1, 0.15) is 0 Å². The molecule has 0 bridgehead atoms. The number of carbonyl (C=O) groups excluding carboxylic acids is 1. The highest BCUT2D eigenvalue weighted by Crippen LogP contribution is 2.40. The van der Waals surface area contributed by atoms with Crippen molar-refractivity contribution in [2.24, 2.45) is 5.41 Å². The topological polar surface area (TPSA) is 42.0 Å². The predicted octanol–water partition coefficient (Wildman–Crippen LogP) is 1.74. The number of ether oxygens (including phenoxy) is 2. The van der Waals surface area contributed by atoms with Gasteiger partial charge in [0.05, 0.1) is 19.3 Å². The van der Waals surface area contributed by atoms with Crippen LogP contribution in [0.3, 0.4) is 0 Å². The predicted molar refractivity (Wildman–Crippen MR) is 77.7 cm³/mol. The normalized spacial score (nSPS) is 29.7. The van der Waals surface area contributed by atoms with Gasteiger partial charge in [-0.15, -0.1) is 6.58 Å². The average molecular weight is 282 g/mol. The van der Waals surface area contributed by atoms with Gasteiger partial charge in [-0.25, -0.2) is 4.79 Å². The summed E-state index contributed by atoms with van der Waals surface area (Å²) in [5.41, 5.74) is -0.0504. The van der Waals surface area contributed by atoms with Crippen molar-refractivity contribution in [3.63, 3.8) is 0 Å². The molecule has 20 heavy (non-hydrogen) atoms. The summed E-state index contributed by atoms with van der Waals surface area (Å²) in [6, 6.07) is 0.0807. The SMILES string of the molecule is C=CCOCC12CCCOC1CCN(C(=O)N(C)C)C2. The molecule has 2 unspecified atom stereocenters. The fraction of sp³-hybridized carbons (Fsp3) is 0.800. The summed E-state index contributed by atoms with van der Waals surface area (Å²) in [7, 11) is 3.60. The molecule has 0 aromatic carbocycles. The average Bonchev–Trinajstić information content (AvgIpc) is 2.46. The molecule has 2 amide bonds. The summed E-state index contributed by atoms with van der Waals surface area (Å²) in [5.74, 6) is 0. The molecule has 0 radical (unpaired) electrons. The summed E-state index contributed by atoms with van der Waals surface area (Å²) >= 11 is 0. The van der Waals surface area contributed by atoms with Crippen LogP contribution in [-0.2, 0) is 9.47 Å². The molecular weight excluding hydrogens is 256 g/mol. The van der Waals surface area contributed by atoms with E-state index in [-0.39, 0.29) is 17.6 Å². The fourth-order valence-electron chi connectivity index (χ4n) is 3.29. The van der Waals surface area contributed by atoms with Gasteiger partial charge in [-0.2, -0.15) is 0 Å². The van der Waals surface area contributed by atoms with Crippen molar-refractivity contribution in [3.05, 3.63) is 12.7 Å². The van der Waals surface area contributed by atoms with E-state index in [1.165, 1.54) is 0 Å². The van der Waals surface area contributed by atoms with Crippen molar-refractivity contribution in [3.8, 4) is 0 Å². The number of hydrogen-bond donors (Lipinski definition) is 0. The molecule has 2 saturated heterocycles. The third-order valence-electron chi connectivity index (χ3n) is 4.27. The molecule has 0 aromatic heterocycles. The van der Waals surface area contributed by atoms with Gasteiger partial charge in [-0.3, -0.25) is 0 Å². The third-order valence-corrected chi connectivity index (χ3v) is 4.27. The van der Waals surface area contributed by atoms with E-state index < -0.39 is 0 Å². The van der Waals surface area contributed by atoms with Gasteiger partial charge in [-0.1, -0.05) is 6.08 Å². The zero-order valence-corrected chi connectivity index (χ0v) is 12.6. The van der Waals surface area contributed by atoms with E-state index in [1.54, 1.807) is 25.1 Å². The minimum absolute atomic E-state index is 0.0504. The quantitative estimate of drug-likeness (QED) is 0.582. The second kappa shape index (κ2) is 6.59. The molecule has 5 heteroatoms. The lowest BCUT2D eigenvalue weighted by molar-refractivity contribution is -0.145. The zero-order chi connectivity index (χ0) is 14.6. The van der Waals surface area contributed by atoms with E-state index >= 15 is 0 Å².